The van der Waals surface area contributed by atoms with Gasteiger partial charge in [0.1, 0.15) is 18.2 Å². The van der Waals surface area contributed by atoms with Crippen LogP contribution in [0.25, 0.3) is 10.9 Å². The highest BCUT2D eigenvalue weighted by atomic mass is 32.2. The van der Waals surface area contributed by atoms with Crippen LogP contribution in [0.5, 0.6) is 5.75 Å². The van der Waals surface area contributed by atoms with Gasteiger partial charge in [0.15, 0.2) is 5.82 Å². The molecule has 4 aromatic rings. The van der Waals surface area contributed by atoms with Gasteiger partial charge in [-0.15, -0.1) is 0 Å². The third-order valence-electron chi connectivity index (χ3n) is 7.87. The molecule has 0 atom stereocenters. The van der Waals surface area contributed by atoms with Gasteiger partial charge in [0, 0.05) is 37.3 Å². The molecule has 0 aliphatic carbocycles. The Bertz CT molecular complexity index is 1710. The summed E-state index contributed by atoms with van der Waals surface area (Å²) < 4.78 is 51.7. The maximum atomic E-state index is 13.8. The minimum absolute atomic E-state index is 0.0418. The molecule has 2 aliphatic rings. The third-order valence-corrected chi connectivity index (χ3v) is 9.62. The van der Waals surface area contributed by atoms with E-state index in [4.69, 9.17) is 9.47 Å². The lowest BCUT2D eigenvalue weighted by Crippen LogP contribution is -2.29. The highest BCUT2D eigenvalue weighted by Crippen LogP contribution is 2.30. The second kappa shape index (κ2) is 12.7. The van der Waals surface area contributed by atoms with E-state index >= 15 is 0 Å². The first kappa shape index (κ1) is 29.1. The van der Waals surface area contributed by atoms with Gasteiger partial charge in [-0.1, -0.05) is 6.07 Å². The number of benzene rings is 3. The lowest BCUT2D eigenvalue weighted by molar-refractivity contribution is 0.0904. The number of aromatic nitrogens is 2. The number of nitrogens with one attached hydrogen (secondary N) is 3. The smallest absolute Gasteiger partial charge is 0.258 e. The molecule has 3 heterocycles. The Kier molecular flexibility index (Phi) is 8.59. The third kappa shape index (κ3) is 6.66. The number of likely N-dealkylation sites (tertiary alicyclic amines) is 1. The predicted octanol–water partition coefficient (Wildman–Crippen LogP) is 4.85. The summed E-state index contributed by atoms with van der Waals surface area (Å²) in [6, 6.07) is 14.7. The van der Waals surface area contributed by atoms with Crippen LogP contribution in [-0.2, 0) is 14.6 Å². The zero-order chi connectivity index (χ0) is 29.8. The van der Waals surface area contributed by atoms with Crippen molar-refractivity contribution in [3.8, 4) is 5.75 Å². The minimum atomic E-state index is -4.00. The van der Waals surface area contributed by atoms with Crippen molar-refractivity contribution in [3.63, 3.8) is 0 Å². The van der Waals surface area contributed by atoms with Crippen LogP contribution in [0.1, 0.15) is 36.0 Å². The Hall–Kier alpha value is -4.00. The quantitative estimate of drug-likeness (QED) is 0.234. The summed E-state index contributed by atoms with van der Waals surface area (Å²) in [5.41, 5.74) is 1.58. The molecule has 0 radical (unpaired) electrons. The maximum Gasteiger partial charge on any atom is 0.258 e. The van der Waals surface area contributed by atoms with Crippen LogP contribution in [0.2, 0.25) is 0 Å². The van der Waals surface area contributed by atoms with Crippen molar-refractivity contribution in [1.29, 1.82) is 0 Å². The van der Waals surface area contributed by atoms with Crippen LogP contribution < -0.4 is 15.4 Å². The van der Waals surface area contributed by atoms with Gasteiger partial charge in [-0.05, 0) is 87.3 Å². The number of carbonyl (C=O) groups is 1. The zero-order valence-corrected chi connectivity index (χ0v) is 24.5. The average molecular weight is 608 g/mol. The molecule has 0 unspecified atom stereocenters. The van der Waals surface area contributed by atoms with Crippen molar-refractivity contribution in [2.24, 2.45) is 0 Å². The number of anilines is 2. The van der Waals surface area contributed by atoms with Crippen LogP contribution in [-0.4, -0.2) is 74.9 Å². The van der Waals surface area contributed by atoms with Crippen LogP contribution >= 0.6 is 0 Å². The first-order valence-electron chi connectivity index (χ1n) is 14.5. The molecule has 43 heavy (non-hydrogen) atoms. The molecule has 6 rings (SSSR count). The van der Waals surface area contributed by atoms with Crippen molar-refractivity contribution < 1.29 is 27.1 Å². The molecule has 3 aromatic carbocycles. The lowest BCUT2D eigenvalue weighted by Gasteiger charge is -2.25. The van der Waals surface area contributed by atoms with Gasteiger partial charge in [-0.25, -0.2) is 12.8 Å². The molecular formula is C31H34FN5O5S. The molecular weight excluding hydrogens is 573 g/mol. The number of rotatable bonds is 10. The molecule has 0 spiro atoms. The Morgan fingerprint density at radius 1 is 1.05 bits per heavy atom. The van der Waals surface area contributed by atoms with Crippen molar-refractivity contribution in [2.45, 2.75) is 41.5 Å². The average Bonchev–Trinajstić information content (AvgIpc) is 3.68. The molecule has 0 saturated carbocycles. The summed E-state index contributed by atoms with van der Waals surface area (Å²) in [5.74, 6) is -0.210. The SMILES string of the molecule is O=C(Nc1n[nH]c2ccc(S(=O)(=O)c3cccc(F)c3)cc12)c1ccc(OCCN2CCCC2)cc1NC1CCOCC1. The summed E-state index contributed by atoms with van der Waals surface area (Å²) in [5, 5.41) is 13.8. The first-order valence-corrected chi connectivity index (χ1v) is 16.0. The van der Waals surface area contributed by atoms with E-state index in [2.05, 4.69) is 25.7 Å². The fraction of sp³-hybridized carbons (Fsp3) is 0.355. The zero-order valence-electron chi connectivity index (χ0n) is 23.6. The summed E-state index contributed by atoms with van der Waals surface area (Å²) in [4.78, 5) is 15.8. The van der Waals surface area contributed by atoms with Crippen molar-refractivity contribution in [2.75, 3.05) is 50.1 Å². The monoisotopic (exact) mass is 607 g/mol. The van der Waals surface area contributed by atoms with E-state index in [9.17, 15) is 17.6 Å². The molecule has 1 amide bonds. The highest BCUT2D eigenvalue weighted by Gasteiger charge is 2.23. The Labute approximate surface area is 249 Å². The van der Waals surface area contributed by atoms with Gasteiger partial charge in [-0.3, -0.25) is 14.8 Å². The van der Waals surface area contributed by atoms with Crippen LogP contribution in [0, 0.1) is 5.82 Å². The molecule has 2 aliphatic heterocycles. The van der Waals surface area contributed by atoms with Crippen molar-refractivity contribution in [3.05, 3.63) is 72.0 Å². The van der Waals surface area contributed by atoms with Crippen LogP contribution in [0.15, 0.2) is 70.5 Å². The number of fused-ring (bicyclic) bond motifs is 1. The molecule has 10 nitrogen and oxygen atoms in total. The molecule has 3 N–H and O–H groups in total. The Morgan fingerprint density at radius 3 is 2.63 bits per heavy atom. The van der Waals surface area contributed by atoms with Gasteiger partial charge in [0.05, 0.1) is 26.6 Å². The van der Waals surface area contributed by atoms with E-state index in [1.807, 2.05) is 6.07 Å². The van der Waals surface area contributed by atoms with Gasteiger partial charge >= 0.3 is 0 Å². The molecule has 1 aromatic heterocycles. The number of hydrogen-bond donors (Lipinski definition) is 3. The van der Waals surface area contributed by atoms with Gasteiger partial charge in [-0.2, -0.15) is 5.10 Å². The van der Waals surface area contributed by atoms with E-state index in [-0.39, 0.29) is 21.7 Å². The van der Waals surface area contributed by atoms with Crippen molar-refractivity contribution >= 4 is 38.2 Å². The maximum absolute atomic E-state index is 13.8. The van der Waals surface area contributed by atoms with Crippen molar-refractivity contribution in [1.82, 2.24) is 15.1 Å². The van der Waals surface area contributed by atoms with Crippen LogP contribution in [0.4, 0.5) is 15.9 Å². The number of nitrogens with zero attached hydrogens (tertiary/aromatic N) is 2. The highest BCUT2D eigenvalue weighted by molar-refractivity contribution is 7.91. The number of halogens is 1. The number of hydrogen-bond acceptors (Lipinski definition) is 8. The largest absolute Gasteiger partial charge is 0.492 e. The van der Waals surface area contributed by atoms with E-state index < -0.39 is 21.6 Å². The summed E-state index contributed by atoms with van der Waals surface area (Å²) >= 11 is 0. The fourth-order valence-corrected chi connectivity index (χ4v) is 6.81. The van der Waals surface area contributed by atoms with Crippen LogP contribution in [0.3, 0.4) is 0 Å². The lowest BCUT2D eigenvalue weighted by atomic mass is 10.1. The number of aromatic amines is 1. The van der Waals surface area contributed by atoms with E-state index in [0.29, 0.717) is 47.7 Å². The summed E-state index contributed by atoms with van der Waals surface area (Å²) in [7, 11) is -4.00. The predicted molar refractivity (Wildman–Crippen MR) is 161 cm³/mol. The molecule has 226 valence electrons. The van der Waals surface area contributed by atoms with E-state index in [0.717, 1.165) is 38.5 Å². The first-order chi connectivity index (χ1) is 20.9. The van der Waals surface area contributed by atoms with E-state index in [1.165, 1.54) is 43.2 Å². The number of ether oxygens (including phenoxy) is 2. The number of amides is 1. The second-order valence-corrected chi connectivity index (χ2v) is 12.8. The normalized spacial score (nSPS) is 16.4. The van der Waals surface area contributed by atoms with E-state index in [1.54, 1.807) is 18.2 Å². The molecule has 0 bridgehead atoms. The van der Waals surface area contributed by atoms with Gasteiger partial charge in [0.25, 0.3) is 5.91 Å². The Morgan fingerprint density at radius 2 is 1.84 bits per heavy atom. The molecule has 12 heteroatoms. The van der Waals surface area contributed by atoms with Gasteiger partial charge in [0.2, 0.25) is 9.84 Å². The number of carbonyl (C=O) groups excluding carboxylic acids is 1. The minimum Gasteiger partial charge on any atom is -0.492 e. The molecule has 2 fully saturated rings. The number of sulfone groups is 1. The summed E-state index contributed by atoms with van der Waals surface area (Å²) in [6.07, 6.45) is 4.07. The fourth-order valence-electron chi connectivity index (χ4n) is 5.49. The standard InChI is InChI=1S/C31H34FN5O5S/c32-21-4-3-5-24(18-21)43(39,40)25-7-9-28-27(20-25)30(36-35-28)34-31(38)26-8-6-23(42-17-14-37-12-1-2-13-37)19-29(26)33-22-10-15-41-16-11-22/h3-9,18-20,22,33H,1-2,10-17H2,(H2,34,35,36,38). The number of H-pyrrole nitrogens is 1. The second-order valence-electron chi connectivity index (χ2n) is 10.8. The molecule has 2 saturated heterocycles. The van der Waals surface area contributed by atoms with Gasteiger partial charge < -0.3 is 20.1 Å². The topological polar surface area (TPSA) is 126 Å². The summed E-state index contributed by atoms with van der Waals surface area (Å²) in [6.45, 7) is 4.89. The Balaban J connectivity index is 1.24.